The van der Waals surface area contributed by atoms with Crippen LogP contribution in [0.2, 0.25) is 0 Å². The van der Waals surface area contributed by atoms with E-state index in [0.717, 1.165) is 8.68 Å². The van der Waals surface area contributed by atoms with Gasteiger partial charge in [-0.3, -0.25) is 4.79 Å². The summed E-state index contributed by atoms with van der Waals surface area (Å²) in [6, 6.07) is 5.63. The first kappa shape index (κ1) is 16.2. The van der Waals surface area contributed by atoms with Crippen molar-refractivity contribution in [2.75, 3.05) is 12.0 Å². The van der Waals surface area contributed by atoms with E-state index < -0.39 is 6.61 Å². The quantitative estimate of drug-likeness (QED) is 0.560. The van der Waals surface area contributed by atoms with Gasteiger partial charge in [-0.25, -0.2) is 0 Å². The zero-order valence-corrected chi connectivity index (χ0v) is 13.2. The van der Waals surface area contributed by atoms with Crippen molar-refractivity contribution in [3.05, 3.63) is 29.8 Å². The number of aromatic nitrogens is 2. The van der Waals surface area contributed by atoms with Crippen LogP contribution in [-0.4, -0.2) is 34.6 Å². The van der Waals surface area contributed by atoms with Crippen LogP contribution in [-0.2, 0) is 0 Å². The number of nitrogens with zero attached hydrogens (tertiary/aromatic N) is 2. The second-order valence-electron chi connectivity index (χ2n) is 3.65. The van der Waals surface area contributed by atoms with Gasteiger partial charge in [0.25, 0.3) is 0 Å². The number of ketones is 1. The van der Waals surface area contributed by atoms with Gasteiger partial charge in [0.05, 0.1) is 5.75 Å². The van der Waals surface area contributed by atoms with Crippen LogP contribution < -0.4 is 4.74 Å². The standard InChI is InChI=1S/C12H10F2N2O2S3/c1-19-11-15-16-12(21-11)20-6-9(17)7-2-4-8(5-3-7)18-10(13)14/h2-5,10H,6H2,1H3. The number of rotatable bonds is 7. The van der Waals surface area contributed by atoms with Gasteiger partial charge in [-0.1, -0.05) is 34.9 Å². The number of alkyl halides is 2. The number of hydrogen-bond acceptors (Lipinski definition) is 7. The summed E-state index contributed by atoms with van der Waals surface area (Å²) in [5, 5.41) is 7.89. The van der Waals surface area contributed by atoms with E-state index in [9.17, 15) is 13.6 Å². The molecule has 0 unspecified atom stereocenters. The second kappa shape index (κ2) is 7.71. The highest BCUT2D eigenvalue weighted by Crippen LogP contribution is 2.27. The van der Waals surface area contributed by atoms with Gasteiger partial charge in [0, 0.05) is 5.56 Å². The van der Waals surface area contributed by atoms with E-state index in [4.69, 9.17) is 0 Å². The van der Waals surface area contributed by atoms with Crippen molar-refractivity contribution in [1.82, 2.24) is 10.2 Å². The first-order chi connectivity index (χ1) is 10.1. The average Bonchev–Trinajstić information content (AvgIpc) is 2.93. The lowest BCUT2D eigenvalue weighted by Crippen LogP contribution is -2.04. The molecule has 1 heterocycles. The molecule has 0 aliphatic carbocycles. The van der Waals surface area contributed by atoms with Crippen molar-refractivity contribution >= 4 is 40.6 Å². The smallest absolute Gasteiger partial charge is 0.387 e. The van der Waals surface area contributed by atoms with Gasteiger partial charge in [-0.15, -0.1) is 10.2 Å². The topological polar surface area (TPSA) is 52.1 Å². The maximum atomic E-state index is 12.0. The molecule has 2 rings (SSSR count). The summed E-state index contributed by atoms with van der Waals surface area (Å²) in [6.07, 6.45) is 1.91. The van der Waals surface area contributed by atoms with Crippen molar-refractivity contribution in [3.63, 3.8) is 0 Å². The van der Waals surface area contributed by atoms with Gasteiger partial charge < -0.3 is 4.74 Å². The van der Waals surface area contributed by atoms with E-state index in [-0.39, 0.29) is 17.3 Å². The van der Waals surface area contributed by atoms with Crippen LogP contribution in [0, 0.1) is 0 Å². The van der Waals surface area contributed by atoms with Crippen molar-refractivity contribution in [3.8, 4) is 5.75 Å². The van der Waals surface area contributed by atoms with Gasteiger partial charge in [0.2, 0.25) is 0 Å². The van der Waals surface area contributed by atoms with Crippen LogP contribution >= 0.6 is 34.9 Å². The van der Waals surface area contributed by atoms with Gasteiger partial charge in [-0.2, -0.15) is 8.78 Å². The Kier molecular flexibility index (Phi) is 5.95. The summed E-state index contributed by atoms with van der Waals surface area (Å²) in [4.78, 5) is 12.0. The molecule has 9 heteroatoms. The minimum Gasteiger partial charge on any atom is -0.435 e. The number of halogens is 2. The molecule has 0 bridgehead atoms. The molecule has 0 aliphatic rings. The van der Waals surface area contributed by atoms with Crippen molar-refractivity contribution in [2.24, 2.45) is 0 Å². The predicted molar refractivity (Wildman–Crippen MR) is 79.8 cm³/mol. The normalized spacial score (nSPS) is 10.9. The molecule has 0 fully saturated rings. The maximum absolute atomic E-state index is 12.0. The van der Waals surface area contributed by atoms with E-state index in [1.165, 1.54) is 59.1 Å². The molecule has 112 valence electrons. The van der Waals surface area contributed by atoms with E-state index >= 15 is 0 Å². The third-order valence-corrected chi connectivity index (χ3v) is 5.32. The lowest BCUT2D eigenvalue weighted by molar-refractivity contribution is -0.0498. The van der Waals surface area contributed by atoms with Crippen LogP contribution in [0.15, 0.2) is 32.9 Å². The summed E-state index contributed by atoms with van der Waals surface area (Å²) in [6.45, 7) is -2.87. The summed E-state index contributed by atoms with van der Waals surface area (Å²) in [5.41, 5.74) is 0.443. The second-order valence-corrected chi connectivity index (χ2v) is 6.91. The predicted octanol–water partition coefficient (Wildman–Crippen LogP) is 3.84. The Balaban J connectivity index is 1.90. The zero-order chi connectivity index (χ0) is 15.2. The van der Waals surface area contributed by atoms with E-state index in [0.29, 0.717) is 5.56 Å². The first-order valence-electron chi connectivity index (χ1n) is 5.67. The summed E-state index contributed by atoms with van der Waals surface area (Å²) in [7, 11) is 0. The third-order valence-electron chi connectivity index (χ3n) is 2.29. The molecule has 0 amide bonds. The van der Waals surface area contributed by atoms with Crippen LogP contribution in [0.3, 0.4) is 0 Å². The fourth-order valence-corrected chi connectivity index (χ4v) is 3.70. The Morgan fingerprint density at radius 3 is 2.52 bits per heavy atom. The van der Waals surface area contributed by atoms with Crippen LogP contribution in [0.4, 0.5) is 8.78 Å². The fraction of sp³-hybridized carbons (Fsp3) is 0.250. The fourth-order valence-electron chi connectivity index (χ4n) is 1.37. The molecule has 0 saturated heterocycles. The first-order valence-corrected chi connectivity index (χ1v) is 8.69. The molecule has 0 aliphatic heterocycles. The molecule has 1 aromatic heterocycles. The van der Waals surface area contributed by atoms with E-state index in [1.54, 1.807) is 0 Å². The van der Waals surface area contributed by atoms with E-state index in [2.05, 4.69) is 14.9 Å². The Bertz CT molecular complexity index is 605. The zero-order valence-electron chi connectivity index (χ0n) is 10.8. The molecular formula is C12H10F2N2O2S3. The van der Waals surface area contributed by atoms with Crippen LogP contribution in [0.1, 0.15) is 10.4 Å². The molecular weight excluding hydrogens is 338 g/mol. The molecule has 0 radical (unpaired) electrons. The number of carbonyl (C=O) groups is 1. The lowest BCUT2D eigenvalue weighted by Gasteiger charge is -2.04. The SMILES string of the molecule is CSc1nnc(SCC(=O)c2ccc(OC(F)F)cc2)s1. The maximum Gasteiger partial charge on any atom is 0.387 e. The van der Waals surface area contributed by atoms with Crippen LogP contribution in [0.25, 0.3) is 0 Å². The number of hydrogen-bond donors (Lipinski definition) is 0. The Hall–Kier alpha value is -1.19. The highest BCUT2D eigenvalue weighted by Gasteiger charge is 2.11. The van der Waals surface area contributed by atoms with Crippen molar-refractivity contribution in [2.45, 2.75) is 15.3 Å². The molecule has 4 nitrogen and oxygen atoms in total. The molecule has 0 N–H and O–H groups in total. The number of thioether (sulfide) groups is 2. The van der Waals surface area contributed by atoms with Crippen molar-refractivity contribution < 1.29 is 18.3 Å². The largest absolute Gasteiger partial charge is 0.435 e. The van der Waals surface area contributed by atoms with Gasteiger partial charge >= 0.3 is 6.61 Å². The van der Waals surface area contributed by atoms with Gasteiger partial charge in [0.15, 0.2) is 14.5 Å². The minimum atomic E-state index is -2.87. The lowest BCUT2D eigenvalue weighted by atomic mass is 10.1. The van der Waals surface area contributed by atoms with Gasteiger partial charge in [-0.05, 0) is 30.5 Å². The monoisotopic (exact) mass is 348 g/mol. The average molecular weight is 348 g/mol. The number of carbonyl (C=O) groups excluding carboxylic acids is 1. The third kappa shape index (κ3) is 4.94. The van der Waals surface area contributed by atoms with Crippen LogP contribution in [0.5, 0.6) is 5.75 Å². The Morgan fingerprint density at radius 1 is 1.29 bits per heavy atom. The molecule has 1 aromatic carbocycles. The highest BCUT2D eigenvalue weighted by atomic mass is 32.2. The van der Waals surface area contributed by atoms with Gasteiger partial charge in [0.1, 0.15) is 5.75 Å². The number of ether oxygens (including phenoxy) is 1. The van der Waals surface area contributed by atoms with Crippen molar-refractivity contribution in [1.29, 1.82) is 0 Å². The summed E-state index contributed by atoms with van der Waals surface area (Å²) in [5.74, 6) is 0.144. The minimum absolute atomic E-state index is 0.0305. The molecule has 21 heavy (non-hydrogen) atoms. The Labute approximate surface area is 132 Å². The Morgan fingerprint density at radius 2 is 1.95 bits per heavy atom. The molecule has 0 saturated carbocycles. The molecule has 0 spiro atoms. The molecule has 2 aromatic rings. The number of benzene rings is 1. The summed E-state index contributed by atoms with van der Waals surface area (Å²) < 4.78 is 29.8. The highest BCUT2D eigenvalue weighted by molar-refractivity contribution is 8.03. The van der Waals surface area contributed by atoms with E-state index in [1.807, 2.05) is 6.26 Å². The summed E-state index contributed by atoms with van der Waals surface area (Å²) >= 11 is 4.23. The number of Topliss-reactive ketones (excluding diaryl/α,β-unsaturated/α-hetero) is 1. The molecule has 0 atom stereocenters.